The van der Waals surface area contributed by atoms with Crippen molar-refractivity contribution in [3.63, 3.8) is 0 Å². The molecule has 1 amide bonds. The third kappa shape index (κ3) is 3.18. The van der Waals surface area contributed by atoms with Crippen molar-refractivity contribution in [2.45, 2.75) is 19.8 Å². The van der Waals surface area contributed by atoms with E-state index in [-0.39, 0.29) is 5.91 Å². The van der Waals surface area contributed by atoms with Gasteiger partial charge in [0, 0.05) is 49.4 Å². The number of hydrogen-bond acceptors (Lipinski definition) is 9. The van der Waals surface area contributed by atoms with Gasteiger partial charge in [0.2, 0.25) is 11.6 Å². The molecular weight excluding hydrogens is 360 g/mol. The lowest BCUT2D eigenvalue weighted by atomic mass is 10.0. The number of carbonyl (C=O) groups is 1. The number of aromatic nitrogens is 4. The number of carbonyl (C=O) groups excluding carboxylic acids is 1. The fraction of sp³-hybridized carbons (Fsp3) is 0.333. The van der Waals surface area contributed by atoms with Gasteiger partial charge < -0.3 is 16.0 Å². The van der Waals surface area contributed by atoms with Gasteiger partial charge in [0.05, 0.1) is 11.3 Å². The van der Waals surface area contributed by atoms with Crippen LogP contribution in [-0.2, 0) is 11.2 Å². The van der Waals surface area contributed by atoms with Crippen molar-refractivity contribution < 1.29 is 9.42 Å². The molecule has 142 valence electrons. The van der Waals surface area contributed by atoms with Crippen LogP contribution in [0.1, 0.15) is 28.9 Å². The highest BCUT2D eigenvalue weighted by molar-refractivity contribution is 5.85. The maximum Gasteiger partial charge on any atom is 0.226 e. The monoisotopic (exact) mass is 378 g/mol. The normalized spacial score (nSPS) is 14.6. The first-order chi connectivity index (χ1) is 13.6. The quantitative estimate of drug-likeness (QED) is 0.671. The maximum absolute atomic E-state index is 11.6. The Kier molecular flexibility index (Phi) is 4.49. The molecule has 0 spiro atoms. The summed E-state index contributed by atoms with van der Waals surface area (Å²) in [5.74, 6) is 0.575. The van der Waals surface area contributed by atoms with E-state index in [1.165, 1.54) is 0 Å². The van der Waals surface area contributed by atoms with Gasteiger partial charge in [0.15, 0.2) is 5.52 Å². The molecule has 4 rings (SSSR count). The van der Waals surface area contributed by atoms with E-state index in [0.29, 0.717) is 60.7 Å². The van der Waals surface area contributed by atoms with E-state index in [2.05, 4.69) is 26.7 Å². The van der Waals surface area contributed by atoms with Crippen molar-refractivity contribution in [3.05, 3.63) is 34.6 Å². The standard InChI is InChI=1S/C18H18N8O2/c1-10-13(15(20)16-17(22-10)25-28-24-16)8-12-3-2-11(9-19)18(23-12)26-6-4-14(27)21-5-7-26/h2-3H,4-8,20H2,1H3,(H,21,27). The second-order valence-corrected chi connectivity index (χ2v) is 6.58. The Bertz CT molecular complexity index is 1100. The van der Waals surface area contributed by atoms with Crippen molar-refractivity contribution in [3.8, 4) is 6.07 Å². The molecule has 3 N–H and O–H groups in total. The van der Waals surface area contributed by atoms with Crippen LogP contribution in [0.2, 0.25) is 0 Å². The predicted octanol–water partition coefficient (Wildman–Crippen LogP) is 0.692. The molecule has 10 heteroatoms. The lowest BCUT2D eigenvalue weighted by molar-refractivity contribution is -0.120. The van der Waals surface area contributed by atoms with E-state index in [1.807, 2.05) is 11.8 Å². The Labute approximate surface area is 160 Å². The second-order valence-electron chi connectivity index (χ2n) is 6.58. The van der Waals surface area contributed by atoms with E-state index in [4.69, 9.17) is 15.3 Å². The number of aryl methyl sites for hydroxylation is 1. The van der Waals surface area contributed by atoms with Crippen LogP contribution in [0, 0.1) is 18.3 Å². The molecule has 10 nitrogen and oxygen atoms in total. The molecule has 0 unspecified atom stereocenters. The van der Waals surface area contributed by atoms with Gasteiger partial charge in [-0.1, -0.05) is 0 Å². The minimum atomic E-state index is 0.00107. The average molecular weight is 378 g/mol. The molecule has 3 aromatic rings. The minimum Gasteiger partial charge on any atom is -0.396 e. The van der Waals surface area contributed by atoms with Crippen LogP contribution >= 0.6 is 0 Å². The highest BCUT2D eigenvalue weighted by Crippen LogP contribution is 2.26. The largest absolute Gasteiger partial charge is 0.396 e. The molecule has 1 aliphatic rings. The molecule has 3 aromatic heterocycles. The van der Waals surface area contributed by atoms with Crippen molar-refractivity contribution in [2.75, 3.05) is 30.3 Å². The van der Waals surface area contributed by atoms with Crippen LogP contribution in [0.15, 0.2) is 16.8 Å². The topological polar surface area (TPSA) is 147 Å². The summed E-state index contributed by atoms with van der Waals surface area (Å²) in [6.45, 7) is 3.46. The number of nitrogens with one attached hydrogen (secondary N) is 1. The fourth-order valence-electron chi connectivity index (χ4n) is 3.29. The van der Waals surface area contributed by atoms with Crippen molar-refractivity contribution in [1.82, 2.24) is 25.6 Å². The number of nitrogen functional groups attached to an aromatic ring is 1. The van der Waals surface area contributed by atoms with Gasteiger partial charge >= 0.3 is 0 Å². The van der Waals surface area contributed by atoms with Crippen LogP contribution < -0.4 is 16.0 Å². The van der Waals surface area contributed by atoms with E-state index in [0.717, 1.165) is 17.0 Å². The molecule has 0 atom stereocenters. The molecular formula is C18H18N8O2. The summed E-state index contributed by atoms with van der Waals surface area (Å²) in [6.07, 6.45) is 0.791. The molecule has 28 heavy (non-hydrogen) atoms. The van der Waals surface area contributed by atoms with E-state index >= 15 is 0 Å². The summed E-state index contributed by atoms with van der Waals surface area (Å²) in [7, 11) is 0. The van der Waals surface area contributed by atoms with Gasteiger partial charge in [-0.25, -0.2) is 14.6 Å². The molecule has 1 aliphatic heterocycles. The van der Waals surface area contributed by atoms with E-state index in [9.17, 15) is 10.1 Å². The first-order valence-corrected chi connectivity index (χ1v) is 8.85. The maximum atomic E-state index is 11.6. The zero-order valence-corrected chi connectivity index (χ0v) is 15.3. The fourth-order valence-corrected chi connectivity index (χ4v) is 3.29. The highest BCUT2D eigenvalue weighted by atomic mass is 16.6. The molecule has 0 aromatic carbocycles. The summed E-state index contributed by atoms with van der Waals surface area (Å²) < 4.78 is 4.72. The Hall–Kier alpha value is -3.74. The van der Waals surface area contributed by atoms with Gasteiger partial charge in [-0.05, 0) is 29.4 Å². The second kappa shape index (κ2) is 7.11. The number of nitrogens with two attached hydrogens (primary N) is 1. The van der Waals surface area contributed by atoms with Gasteiger partial charge in [-0.3, -0.25) is 4.79 Å². The summed E-state index contributed by atoms with van der Waals surface area (Å²) >= 11 is 0. The zero-order valence-electron chi connectivity index (χ0n) is 15.3. The number of hydrogen-bond donors (Lipinski definition) is 2. The van der Waals surface area contributed by atoms with Crippen molar-refractivity contribution in [1.29, 1.82) is 5.26 Å². The summed E-state index contributed by atoms with van der Waals surface area (Å²) in [4.78, 5) is 22.7. The first-order valence-electron chi connectivity index (χ1n) is 8.85. The Morgan fingerprint density at radius 2 is 2.18 bits per heavy atom. The highest BCUT2D eigenvalue weighted by Gasteiger charge is 2.20. The summed E-state index contributed by atoms with van der Waals surface area (Å²) in [6, 6.07) is 5.72. The first kappa shape index (κ1) is 17.7. The third-order valence-electron chi connectivity index (χ3n) is 4.79. The van der Waals surface area contributed by atoms with Crippen molar-refractivity contribution in [2.24, 2.45) is 0 Å². The lowest BCUT2D eigenvalue weighted by Crippen LogP contribution is -2.29. The molecule has 1 fully saturated rings. The van der Waals surface area contributed by atoms with Gasteiger partial charge in [-0.15, -0.1) is 0 Å². The number of nitrogens with zero attached hydrogens (tertiary/aromatic N) is 6. The number of fused-ring (bicyclic) bond motifs is 1. The number of pyridine rings is 2. The summed E-state index contributed by atoms with van der Waals surface area (Å²) in [5, 5.41) is 19.9. The number of rotatable bonds is 3. The smallest absolute Gasteiger partial charge is 0.226 e. The number of nitriles is 1. The average Bonchev–Trinajstić information content (AvgIpc) is 3.05. The van der Waals surface area contributed by atoms with E-state index in [1.54, 1.807) is 12.1 Å². The van der Waals surface area contributed by atoms with E-state index < -0.39 is 0 Å². The van der Waals surface area contributed by atoms with Crippen LogP contribution in [0.3, 0.4) is 0 Å². The number of anilines is 2. The zero-order chi connectivity index (χ0) is 19.7. The van der Waals surface area contributed by atoms with Crippen LogP contribution in [0.5, 0.6) is 0 Å². The Morgan fingerprint density at radius 3 is 3.00 bits per heavy atom. The lowest BCUT2D eigenvalue weighted by Gasteiger charge is -2.22. The van der Waals surface area contributed by atoms with Crippen LogP contribution in [0.25, 0.3) is 11.2 Å². The molecule has 0 radical (unpaired) electrons. The molecule has 4 heterocycles. The molecule has 1 saturated heterocycles. The van der Waals surface area contributed by atoms with Gasteiger partial charge in [-0.2, -0.15) is 5.26 Å². The van der Waals surface area contributed by atoms with Crippen LogP contribution in [-0.4, -0.2) is 45.8 Å². The van der Waals surface area contributed by atoms with Gasteiger partial charge in [0.25, 0.3) is 0 Å². The van der Waals surface area contributed by atoms with Crippen molar-refractivity contribution >= 4 is 28.6 Å². The predicted molar refractivity (Wildman–Crippen MR) is 100 cm³/mol. The Balaban J connectivity index is 1.70. The molecule has 0 bridgehead atoms. The summed E-state index contributed by atoms with van der Waals surface area (Å²) in [5.41, 5.74) is 10.2. The molecule has 0 aliphatic carbocycles. The molecule has 0 saturated carbocycles. The van der Waals surface area contributed by atoms with Crippen LogP contribution in [0.4, 0.5) is 11.5 Å². The third-order valence-corrected chi connectivity index (χ3v) is 4.79. The minimum absolute atomic E-state index is 0.00107. The Morgan fingerprint density at radius 1 is 1.32 bits per heavy atom. The SMILES string of the molecule is Cc1nc2nonc2c(N)c1Cc1ccc(C#N)c(N2CCNC(=O)CC2)n1. The number of amides is 1. The van der Waals surface area contributed by atoms with Gasteiger partial charge in [0.1, 0.15) is 11.9 Å².